The van der Waals surface area contributed by atoms with Crippen LogP contribution in [0.3, 0.4) is 0 Å². The van der Waals surface area contributed by atoms with Crippen LogP contribution in [0.2, 0.25) is 5.02 Å². The van der Waals surface area contributed by atoms with Gasteiger partial charge in [0.1, 0.15) is 11.5 Å². The van der Waals surface area contributed by atoms with Gasteiger partial charge < -0.3 is 25.4 Å². The first-order chi connectivity index (χ1) is 20.2. The van der Waals surface area contributed by atoms with Gasteiger partial charge in [0, 0.05) is 34.6 Å². The number of hydrogen-bond donors (Lipinski definition) is 3. The first-order valence-corrected chi connectivity index (χ1v) is 13.8. The average molecular weight is 582 g/mol. The number of amides is 2. The van der Waals surface area contributed by atoms with Gasteiger partial charge in [-0.15, -0.1) is 0 Å². The number of anilines is 3. The predicted octanol–water partition coefficient (Wildman–Crippen LogP) is 8.64. The monoisotopic (exact) mass is 581 g/mol. The van der Waals surface area contributed by atoms with E-state index in [9.17, 15) is 4.79 Å². The minimum atomic E-state index is -0.385. The summed E-state index contributed by atoms with van der Waals surface area (Å²) in [6, 6.07) is 26.0. The first kappa shape index (κ1) is 28.7. The summed E-state index contributed by atoms with van der Waals surface area (Å²) >= 11 is 6.09. The van der Waals surface area contributed by atoms with Crippen molar-refractivity contribution in [1.29, 1.82) is 0 Å². The van der Waals surface area contributed by atoms with Gasteiger partial charge in [-0.05, 0) is 52.9 Å². The predicted molar refractivity (Wildman–Crippen MR) is 169 cm³/mol. The molecule has 0 radical (unpaired) electrons. The molecule has 1 heterocycles. The summed E-state index contributed by atoms with van der Waals surface area (Å²) in [6.45, 7) is 6.87. The van der Waals surface area contributed by atoms with Crippen molar-refractivity contribution in [3.05, 3.63) is 107 Å². The molecule has 0 saturated heterocycles. The summed E-state index contributed by atoms with van der Waals surface area (Å²) in [7, 11) is 1.58. The number of carbonyl (C=O) groups is 1. The van der Waals surface area contributed by atoms with E-state index in [2.05, 4.69) is 46.7 Å². The van der Waals surface area contributed by atoms with Crippen LogP contribution in [-0.4, -0.2) is 23.1 Å². The number of fused-ring (bicyclic) bond motifs is 1. The molecule has 5 aromatic rings. The number of nitrogens with one attached hydrogen (secondary N) is 3. The summed E-state index contributed by atoms with van der Waals surface area (Å²) < 4.78 is 11.7. The zero-order valence-electron chi connectivity index (χ0n) is 23.9. The Morgan fingerprint density at radius 1 is 0.857 bits per heavy atom. The van der Waals surface area contributed by atoms with E-state index in [1.807, 2.05) is 66.7 Å². The Morgan fingerprint density at radius 3 is 2.38 bits per heavy atom. The number of benzene rings is 4. The van der Waals surface area contributed by atoms with Crippen molar-refractivity contribution < 1.29 is 14.3 Å². The van der Waals surface area contributed by atoms with Crippen LogP contribution < -0.4 is 25.4 Å². The lowest BCUT2D eigenvalue weighted by molar-refractivity contribution is 0.262. The van der Waals surface area contributed by atoms with Gasteiger partial charge in [-0.1, -0.05) is 74.8 Å². The fourth-order valence-electron chi connectivity index (χ4n) is 4.44. The Morgan fingerprint density at radius 2 is 1.62 bits per heavy atom. The van der Waals surface area contributed by atoms with Crippen LogP contribution >= 0.6 is 11.6 Å². The lowest BCUT2D eigenvalue weighted by atomic mass is 9.87. The van der Waals surface area contributed by atoms with E-state index in [0.29, 0.717) is 46.3 Å². The van der Waals surface area contributed by atoms with Gasteiger partial charge in [-0.25, -0.2) is 9.78 Å². The molecule has 0 aliphatic heterocycles. The highest BCUT2D eigenvalue weighted by atomic mass is 35.5. The summed E-state index contributed by atoms with van der Waals surface area (Å²) in [5, 5.41) is 11.4. The molecule has 8 nitrogen and oxygen atoms in total. The Labute approximate surface area is 250 Å². The zero-order valence-corrected chi connectivity index (χ0v) is 24.6. The number of hydrogen-bond acceptors (Lipinski definition) is 6. The summed E-state index contributed by atoms with van der Waals surface area (Å²) in [5.74, 6) is 1.99. The summed E-state index contributed by atoms with van der Waals surface area (Å²) in [4.78, 5) is 21.9. The maximum Gasteiger partial charge on any atom is 0.323 e. The second-order valence-corrected chi connectivity index (χ2v) is 11.1. The molecule has 0 aliphatic carbocycles. The molecule has 214 valence electrons. The third kappa shape index (κ3) is 6.90. The number of rotatable bonds is 8. The number of aromatic nitrogens is 2. The van der Waals surface area contributed by atoms with E-state index in [1.165, 1.54) is 0 Å². The molecule has 42 heavy (non-hydrogen) atoms. The smallest absolute Gasteiger partial charge is 0.323 e. The highest BCUT2D eigenvalue weighted by Crippen LogP contribution is 2.35. The van der Waals surface area contributed by atoms with Gasteiger partial charge in [0.25, 0.3) is 0 Å². The molecular weight excluding hydrogens is 550 g/mol. The van der Waals surface area contributed by atoms with Crippen LogP contribution in [0.15, 0.2) is 91.1 Å². The van der Waals surface area contributed by atoms with Gasteiger partial charge in [0.05, 0.1) is 18.5 Å². The fourth-order valence-corrected chi connectivity index (χ4v) is 4.66. The maximum atomic E-state index is 13.1. The van der Waals surface area contributed by atoms with E-state index in [1.54, 1.807) is 31.5 Å². The van der Waals surface area contributed by atoms with E-state index < -0.39 is 0 Å². The van der Waals surface area contributed by atoms with E-state index in [4.69, 9.17) is 21.1 Å². The highest BCUT2D eigenvalue weighted by molar-refractivity contribution is 6.30. The second-order valence-electron chi connectivity index (χ2n) is 10.7. The van der Waals surface area contributed by atoms with Gasteiger partial charge in [0.2, 0.25) is 11.8 Å². The molecule has 0 unspecified atom stereocenters. The molecule has 5 rings (SSSR count). The van der Waals surface area contributed by atoms with E-state index >= 15 is 0 Å². The molecule has 2 amide bonds. The third-order valence-corrected chi connectivity index (χ3v) is 6.87. The molecule has 1 aromatic heterocycles. The van der Waals surface area contributed by atoms with Crippen LogP contribution in [0.25, 0.3) is 10.8 Å². The molecule has 3 N–H and O–H groups in total. The van der Waals surface area contributed by atoms with Crippen molar-refractivity contribution in [2.45, 2.75) is 32.7 Å². The lowest BCUT2D eigenvalue weighted by Crippen LogP contribution is -2.21. The SMILES string of the molecule is COc1ccc(C(C)(C)C)cc1NC(=O)Nc1ccc(Oc2ccnc(NCc3cccc(Cl)c3)n2)c2ccccc12. The molecule has 0 atom stereocenters. The first-order valence-electron chi connectivity index (χ1n) is 13.5. The van der Waals surface area contributed by atoms with Crippen molar-refractivity contribution in [3.63, 3.8) is 0 Å². The van der Waals surface area contributed by atoms with Crippen molar-refractivity contribution in [2.75, 3.05) is 23.1 Å². The number of carbonyl (C=O) groups excluding carboxylic acids is 1. The molecule has 4 aromatic carbocycles. The van der Waals surface area contributed by atoms with Crippen LogP contribution in [0, 0.1) is 0 Å². The number of urea groups is 1. The Balaban J connectivity index is 1.33. The third-order valence-electron chi connectivity index (χ3n) is 6.63. The van der Waals surface area contributed by atoms with Crippen molar-refractivity contribution in [1.82, 2.24) is 9.97 Å². The Hall–Kier alpha value is -4.82. The zero-order chi connectivity index (χ0) is 29.7. The number of methoxy groups -OCH3 is 1. The molecule has 0 spiro atoms. The summed E-state index contributed by atoms with van der Waals surface area (Å²) in [6.07, 6.45) is 1.63. The second kappa shape index (κ2) is 12.4. The molecule has 9 heteroatoms. The number of ether oxygens (including phenoxy) is 2. The van der Waals surface area contributed by atoms with Gasteiger partial charge in [0.15, 0.2) is 0 Å². The minimum Gasteiger partial charge on any atom is -0.495 e. The highest BCUT2D eigenvalue weighted by Gasteiger charge is 2.18. The van der Waals surface area contributed by atoms with E-state index in [-0.39, 0.29) is 11.4 Å². The van der Waals surface area contributed by atoms with Gasteiger partial charge in [-0.2, -0.15) is 4.98 Å². The standard InChI is InChI=1S/C33H32ClN5O3/c1-33(2,3)22-12-14-29(41-4)27(19-22)38-32(40)37-26-13-15-28(25-11-6-5-10-24(25)26)42-30-16-17-35-31(39-30)36-20-21-8-7-9-23(34)18-21/h5-19H,20H2,1-4H3,(H,35,36,39)(H2,37,38,40). The molecule has 0 fully saturated rings. The van der Waals surface area contributed by atoms with Crippen molar-refractivity contribution >= 4 is 45.7 Å². The van der Waals surface area contributed by atoms with Gasteiger partial charge in [-0.3, -0.25) is 0 Å². The number of nitrogens with zero attached hydrogens (tertiary/aromatic N) is 2. The minimum absolute atomic E-state index is 0.0814. The Kier molecular flexibility index (Phi) is 8.45. The Bertz CT molecular complexity index is 1740. The number of halogens is 1. The van der Waals surface area contributed by atoms with Crippen LogP contribution in [-0.2, 0) is 12.0 Å². The molecule has 0 aliphatic rings. The van der Waals surface area contributed by atoms with Crippen LogP contribution in [0.4, 0.5) is 22.1 Å². The molecule has 0 bridgehead atoms. The van der Waals surface area contributed by atoms with Crippen LogP contribution in [0.1, 0.15) is 31.9 Å². The van der Waals surface area contributed by atoms with Crippen molar-refractivity contribution in [2.24, 2.45) is 0 Å². The average Bonchev–Trinajstić information content (AvgIpc) is 2.97. The quantitative estimate of drug-likeness (QED) is 0.170. The fraction of sp³-hybridized carbons (Fsp3) is 0.182. The molecular formula is C33H32ClN5O3. The van der Waals surface area contributed by atoms with Crippen LogP contribution in [0.5, 0.6) is 17.4 Å². The van der Waals surface area contributed by atoms with E-state index in [0.717, 1.165) is 21.9 Å². The summed E-state index contributed by atoms with van der Waals surface area (Å²) in [5.41, 5.74) is 3.24. The maximum absolute atomic E-state index is 13.1. The largest absolute Gasteiger partial charge is 0.495 e. The normalized spacial score (nSPS) is 11.2. The van der Waals surface area contributed by atoms with Crippen molar-refractivity contribution in [3.8, 4) is 17.4 Å². The lowest BCUT2D eigenvalue weighted by Gasteiger charge is -2.21. The molecule has 0 saturated carbocycles. The van der Waals surface area contributed by atoms with Gasteiger partial charge >= 0.3 is 6.03 Å². The topological polar surface area (TPSA) is 97.4 Å².